The average Bonchev–Trinajstić information content (AvgIpc) is 2.65. The van der Waals surface area contributed by atoms with Crippen molar-refractivity contribution in [3.05, 3.63) is 50.6 Å². The fourth-order valence-corrected chi connectivity index (χ4v) is 2.49. The van der Waals surface area contributed by atoms with Gasteiger partial charge in [0.05, 0.1) is 11.3 Å². The monoisotopic (exact) mass is 373 g/mol. The van der Waals surface area contributed by atoms with Gasteiger partial charge in [0.25, 0.3) is 5.91 Å². The molecular weight excluding hydrogens is 360 g/mol. The number of hydrogen-bond donors (Lipinski definition) is 1. The molecule has 2 rings (SSSR count). The van der Waals surface area contributed by atoms with Crippen molar-refractivity contribution in [1.29, 1.82) is 0 Å². The van der Waals surface area contributed by atoms with Gasteiger partial charge in [-0.05, 0) is 47.7 Å². The maximum absolute atomic E-state index is 13.0. The summed E-state index contributed by atoms with van der Waals surface area (Å²) in [6.07, 6.45) is 1.87. The number of halogens is 2. The number of aromatic nitrogens is 2. The molecule has 6 heteroatoms. The highest BCUT2D eigenvalue weighted by Crippen LogP contribution is 2.14. The summed E-state index contributed by atoms with van der Waals surface area (Å²) in [6.45, 7) is 2.30. The Balaban J connectivity index is 2.07. The first-order valence-corrected chi connectivity index (χ1v) is 6.77. The van der Waals surface area contributed by atoms with Crippen LogP contribution in [0.2, 0.25) is 0 Å². The van der Waals surface area contributed by atoms with Gasteiger partial charge in [-0.2, -0.15) is 5.10 Å². The third kappa shape index (κ3) is 3.31. The second-order valence-corrected chi connectivity index (χ2v) is 5.38. The molecular formula is C13H13FIN3O. The van der Waals surface area contributed by atoms with Gasteiger partial charge in [0, 0.05) is 28.9 Å². The average molecular weight is 373 g/mol. The third-order valence-corrected chi connectivity index (χ3v) is 3.62. The first-order valence-electron chi connectivity index (χ1n) is 5.69. The summed E-state index contributed by atoms with van der Waals surface area (Å²) in [4.78, 5) is 12.0. The molecule has 0 aliphatic rings. The zero-order valence-corrected chi connectivity index (χ0v) is 12.7. The number of amides is 1. The lowest BCUT2D eigenvalue weighted by Crippen LogP contribution is -2.23. The Labute approximate surface area is 124 Å². The van der Waals surface area contributed by atoms with Crippen molar-refractivity contribution in [3.8, 4) is 0 Å². The minimum atomic E-state index is -0.343. The molecule has 0 aliphatic carbocycles. The number of benzene rings is 1. The summed E-state index contributed by atoms with van der Waals surface area (Å²) in [5.41, 5.74) is 2.33. The van der Waals surface area contributed by atoms with E-state index >= 15 is 0 Å². The number of rotatable bonds is 3. The van der Waals surface area contributed by atoms with Crippen molar-refractivity contribution in [2.45, 2.75) is 13.5 Å². The molecule has 0 saturated carbocycles. The van der Waals surface area contributed by atoms with Crippen molar-refractivity contribution in [2.24, 2.45) is 7.05 Å². The molecule has 0 spiro atoms. The summed E-state index contributed by atoms with van der Waals surface area (Å²) in [6, 6.07) is 4.11. The van der Waals surface area contributed by atoms with Crippen molar-refractivity contribution >= 4 is 28.5 Å². The number of nitrogens with one attached hydrogen (secondary N) is 1. The Hall–Kier alpha value is -1.44. The Morgan fingerprint density at radius 3 is 2.84 bits per heavy atom. The van der Waals surface area contributed by atoms with Crippen molar-refractivity contribution in [2.75, 3.05) is 0 Å². The van der Waals surface area contributed by atoms with E-state index in [1.54, 1.807) is 4.68 Å². The lowest BCUT2D eigenvalue weighted by molar-refractivity contribution is 0.0950. The second kappa shape index (κ2) is 5.68. The lowest BCUT2D eigenvalue weighted by atomic mass is 10.2. The van der Waals surface area contributed by atoms with E-state index in [0.29, 0.717) is 15.7 Å². The molecule has 100 valence electrons. The normalized spacial score (nSPS) is 10.5. The van der Waals surface area contributed by atoms with Gasteiger partial charge >= 0.3 is 0 Å². The van der Waals surface area contributed by atoms with Crippen LogP contribution in [0.15, 0.2) is 24.4 Å². The molecule has 0 unspecified atom stereocenters. The van der Waals surface area contributed by atoms with E-state index in [-0.39, 0.29) is 11.7 Å². The van der Waals surface area contributed by atoms with Crippen LogP contribution in [0.25, 0.3) is 0 Å². The topological polar surface area (TPSA) is 46.9 Å². The maximum Gasteiger partial charge on any atom is 0.252 e. The maximum atomic E-state index is 13.0. The number of carbonyl (C=O) groups excluding carboxylic acids is 1. The number of aryl methyl sites for hydroxylation is 2. The largest absolute Gasteiger partial charge is 0.348 e. The summed E-state index contributed by atoms with van der Waals surface area (Å²) in [5.74, 6) is -0.559. The molecule has 0 bridgehead atoms. The molecule has 1 amide bonds. The molecule has 1 N–H and O–H groups in total. The van der Waals surface area contributed by atoms with Gasteiger partial charge in [-0.3, -0.25) is 9.48 Å². The zero-order valence-electron chi connectivity index (χ0n) is 10.6. The van der Waals surface area contributed by atoms with Gasteiger partial charge < -0.3 is 5.32 Å². The molecule has 2 aromatic rings. The van der Waals surface area contributed by atoms with E-state index in [0.717, 1.165) is 11.3 Å². The third-order valence-electron chi connectivity index (χ3n) is 2.73. The Kier molecular flexibility index (Phi) is 4.18. The highest BCUT2D eigenvalue weighted by atomic mass is 127. The Bertz CT molecular complexity index is 624. The summed E-state index contributed by atoms with van der Waals surface area (Å²) in [7, 11) is 1.83. The standard InChI is InChI=1S/C13H13FIN3O/c1-8-9(7-18(2)17-8)6-16-13(19)11-4-3-10(14)5-12(11)15/h3-5,7H,6H2,1-2H3,(H,16,19). The number of nitrogens with zero attached hydrogens (tertiary/aromatic N) is 2. The molecule has 1 aromatic heterocycles. The van der Waals surface area contributed by atoms with Crippen LogP contribution in [0.4, 0.5) is 4.39 Å². The van der Waals surface area contributed by atoms with Crippen LogP contribution >= 0.6 is 22.6 Å². The van der Waals surface area contributed by atoms with Crippen molar-refractivity contribution in [3.63, 3.8) is 0 Å². The van der Waals surface area contributed by atoms with Crippen LogP contribution in [0.5, 0.6) is 0 Å². The van der Waals surface area contributed by atoms with Gasteiger partial charge in [-0.1, -0.05) is 0 Å². The molecule has 0 fully saturated rings. The van der Waals surface area contributed by atoms with E-state index in [1.807, 2.05) is 42.8 Å². The predicted molar refractivity (Wildman–Crippen MR) is 78.2 cm³/mol. The van der Waals surface area contributed by atoms with Crippen molar-refractivity contribution in [1.82, 2.24) is 15.1 Å². The van der Waals surface area contributed by atoms with Crippen LogP contribution in [-0.4, -0.2) is 15.7 Å². The molecule has 0 aliphatic heterocycles. The van der Waals surface area contributed by atoms with E-state index < -0.39 is 0 Å². The smallest absolute Gasteiger partial charge is 0.252 e. The molecule has 19 heavy (non-hydrogen) atoms. The zero-order chi connectivity index (χ0) is 14.0. The summed E-state index contributed by atoms with van der Waals surface area (Å²) < 4.78 is 15.3. The van der Waals surface area contributed by atoms with Crippen molar-refractivity contribution < 1.29 is 9.18 Å². The molecule has 0 radical (unpaired) electrons. The fraction of sp³-hybridized carbons (Fsp3) is 0.231. The van der Waals surface area contributed by atoms with Crippen LogP contribution in [0.3, 0.4) is 0 Å². The molecule has 0 saturated heterocycles. The fourth-order valence-electron chi connectivity index (χ4n) is 1.77. The minimum Gasteiger partial charge on any atom is -0.348 e. The first kappa shape index (κ1) is 14.0. The van der Waals surface area contributed by atoms with E-state index in [9.17, 15) is 9.18 Å². The lowest BCUT2D eigenvalue weighted by Gasteiger charge is -2.06. The highest BCUT2D eigenvalue weighted by Gasteiger charge is 2.11. The van der Waals surface area contributed by atoms with E-state index in [1.165, 1.54) is 18.2 Å². The molecule has 1 heterocycles. The Morgan fingerprint density at radius 1 is 1.53 bits per heavy atom. The number of hydrogen-bond acceptors (Lipinski definition) is 2. The Morgan fingerprint density at radius 2 is 2.26 bits per heavy atom. The summed E-state index contributed by atoms with van der Waals surface area (Å²) >= 11 is 1.95. The second-order valence-electron chi connectivity index (χ2n) is 4.22. The van der Waals surface area contributed by atoms with E-state index in [2.05, 4.69) is 10.4 Å². The minimum absolute atomic E-state index is 0.215. The quantitative estimate of drug-likeness (QED) is 0.841. The van der Waals surface area contributed by atoms with E-state index in [4.69, 9.17) is 0 Å². The van der Waals surface area contributed by atoms with Gasteiger partial charge in [0.15, 0.2) is 0 Å². The molecule has 1 aromatic carbocycles. The van der Waals surface area contributed by atoms with Gasteiger partial charge in [0.2, 0.25) is 0 Å². The highest BCUT2D eigenvalue weighted by molar-refractivity contribution is 14.1. The number of carbonyl (C=O) groups is 1. The van der Waals surface area contributed by atoms with Gasteiger partial charge in [-0.15, -0.1) is 0 Å². The van der Waals surface area contributed by atoms with Crippen LogP contribution in [0, 0.1) is 16.3 Å². The van der Waals surface area contributed by atoms with Crippen LogP contribution < -0.4 is 5.32 Å². The predicted octanol–water partition coefficient (Wildman–Crippen LogP) is 2.40. The first-order chi connectivity index (χ1) is 8.97. The van der Waals surface area contributed by atoms with Crippen LogP contribution in [0.1, 0.15) is 21.6 Å². The van der Waals surface area contributed by atoms with Gasteiger partial charge in [0.1, 0.15) is 5.82 Å². The van der Waals surface area contributed by atoms with Gasteiger partial charge in [-0.25, -0.2) is 4.39 Å². The SMILES string of the molecule is Cc1nn(C)cc1CNC(=O)c1ccc(F)cc1I. The van der Waals surface area contributed by atoms with Crippen LogP contribution in [-0.2, 0) is 13.6 Å². The summed E-state index contributed by atoms with van der Waals surface area (Å²) in [5, 5.41) is 7.02. The molecule has 4 nitrogen and oxygen atoms in total. The molecule has 0 atom stereocenters.